The summed E-state index contributed by atoms with van der Waals surface area (Å²) in [6.45, 7) is 8.29. The van der Waals surface area contributed by atoms with Crippen molar-refractivity contribution in [1.82, 2.24) is 4.98 Å². The normalized spacial score (nSPS) is 24.0. The van der Waals surface area contributed by atoms with Crippen LogP contribution in [0.1, 0.15) is 64.9 Å². The summed E-state index contributed by atoms with van der Waals surface area (Å²) < 4.78 is 17.7. The molecule has 0 atom stereocenters. The lowest BCUT2D eigenvalue weighted by Gasteiger charge is -2.32. The van der Waals surface area contributed by atoms with Gasteiger partial charge in [-0.15, -0.1) is 0 Å². The van der Waals surface area contributed by atoms with E-state index in [0.29, 0.717) is 5.92 Å². The Bertz CT molecular complexity index is 537. The van der Waals surface area contributed by atoms with E-state index in [1.54, 1.807) is 7.11 Å². The zero-order valence-corrected chi connectivity index (χ0v) is 14.3. The maximum atomic E-state index is 6.14. The molecule has 0 amide bonds. The van der Waals surface area contributed by atoms with Gasteiger partial charge < -0.3 is 14.0 Å². The standard InChI is InChI=1S/C17H26BNO3/c1-16(2)17(3,4)22-18(21-16)13-10-14(12-8-6-7-9-12)15(20-5)19-11-13/h10-12H,6-9H2,1-5H3. The molecule has 1 aromatic heterocycles. The Balaban J connectivity index is 1.91. The first-order valence-electron chi connectivity index (χ1n) is 8.23. The Hall–Kier alpha value is -1.07. The van der Waals surface area contributed by atoms with Gasteiger partial charge in [-0.05, 0) is 46.5 Å². The number of pyridine rings is 1. The molecule has 0 spiro atoms. The lowest BCUT2D eigenvalue weighted by Crippen LogP contribution is -2.41. The Morgan fingerprint density at radius 2 is 1.73 bits per heavy atom. The lowest BCUT2D eigenvalue weighted by molar-refractivity contribution is 0.00578. The van der Waals surface area contributed by atoms with Gasteiger partial charge in [-0.3, -0.25) is 0 Å². The summed E-state index contributed by atoms with van der Waals surface area (Å²) in [5.41, 5.74) is 1.53. The topological polar surface area (TPSA) is 40.6 Å². The highest BCUT2D eigenvalue weighted by molar-refractivity contribution is 6.62. The predicted octanol–water partition coefficient (Wildman–Crippen LogP) is 3.05. The molecule has 0 aromatic carbocycles. The van der Waals surface area contributed by atoms with Crippen molar-refractivity contribution >= 4 is 12.6 Å². The van der Waals surface area contributed by atoms with Crippen LogP contribution in [0.2, 0.25) is 0 Å². The Morgan fingerprint density at radius 3 is 2.27 bits per heavy atom. The van der Waals surface area contributed by atoms with Crippen molar-refractivity contribution in [3.8, 4) is 5.88 Å². The van der Waals surface area contributed by atoms with Crippen molar-refractivity contribution in [3.63, 3.8) is 0 Å². The van der Waals surface area contributed by atoms with E-state index in [2.05, 4.69) is 38.7 Å². The van der Waals surface area contributed by atoms with Crippen LogP contribution < -0.4 is 10.2 Å². The Morgan fingerprint density at radius 1 is 1.14 bits per heavy atom. The van der Waals surface area contributed by atoms with Gasteiger partial charge in [0, 0.05) is 17.2 Å². The monoisotopic (exact) mass is 303 g/mol. The van der Waals surface area contributed by atoms with Crippen LogP contribution in [0.25, 0.3) is 0 Å². The average Bonchev–Trinajstić information content (AvgIpc) is 3.05. The third kappa shape index (κ3) is 2.65. The van der Waals surface area contributed by atoms with Crippen molar-refractivity contribution in [2.75, 3.05) is 7.11 Å². The summed E-state index contributed by atoms with van der Waals surface area (Å²) in [6, 6.07) is 2.17. The molecule has 1 saturated carbocycles. The number of nitrogens with zero attached hydrogens (tertiary/aromatic N) is 1. The molecule has 1 aliphatic heterocycles. The molecule has 4 nitrogen and oxygen atoms in total. The minimum atomic E-state index is -0.358. The predicted molar refractivity (Wildman–Crippen MR) is 87.7 cm³/mol. The molecule has 5 heteroatoms. The Labute approximate surface area is 133 Å². The van der Waals surface area contributed by atoms with Gasteiger partial charge >= 0.3 is 7.12 Å². The van der Waals surface area contributed by atoms with E-state index in [1.165, 1.54) is 31.2 Å². The number of rotatable bonds is 3. The summed E-state index contributed by atoms with van der Waals surface area (Å²) in [4.78, 5) is 4.50. The molecule has 120 valence electrons. The van der Waals surface area contributed by atoms with Crippen molar-refractivity contribution in [2.45, 2.75) is 70.5 Å². The fraction of sp³-hybridized carbons (Fsp3) is 0.706. The molecular formula is C17H26BNO3. The first-order chi connectivity index (χ1) is 10.3. The van der Waals surface area contributed by atoms with Crippen molar-refractivity contribution in [1.29, 1.82) is 0 Å². The highest BCUT2D eigenvalue weighted by atomic mass is 16.7. The summed E-state index contributed by atoms with van der Waals surface area (Å²) in [7, 11) is 1.33. The summed E-state index contributed by atoms with van der Waals surface area (Å²) in [6.07, 6.45) is 6.82. The van der Waals surface area contributed by atoms with Crippen LogP contribution in [-0.2, 0) is 9.31 Å². The number of hydrogen-bond acceptors (Lipinski definition) is 4. The zero-order chi connectivity index (χ0) is 16.0. The minimum absolute atomic E-state index is 0.328. The molecule has 1 aliphatic carbocycles. The number of methoxy groups -OCH3 is 1. The van der Waals surface area contributed by atoms with Crippen LogP contribution in [0, 0.1) is 0 Å². The summed E-state index contributed by atoms with van der Waals surface area (Å²) in [5, 5.41) is 0. The van der Waals surface area contributed by atoms with Gasteiger partial charge in [0.05, 0.1) is 18.3 Å². The molecule has 1 saturated heterocycles. The fourth-order valence-corrected chi connectivity index (χ4v) is 3.29. The lowest BCUT2D eigenvalue weighted by atomic mass is 9.78. The smallest absolute Gasteiger partial charge is 0.481 e. The second-order valence-electron chi connectivity index (χ2n) is 7.44. The van der Waals surface area contributed by atoms with Gasteiger partial charge in [-0.1, -0.05) is 18.9 Å². The van der Waals surface area contributed by atoms with Crippen LogP contribution >= 0.6 is 0 Å². The fourth-order valence-electron chi connectivity index (χ4n) is 3.29. The molecular weight excluding hydrogens is 277 g/mol. The van der Waals surface area contributed by atoms with Gasteiger partial charge in [0.25, 0.3) is 0 Å². The minimum Gasteiger partial charge on any atom is -0.481 e. The molecule has 0 bridgehead atoms. The summed E-state index contributed by atoms with van der Waals surface area (Å²) >= 11 is 0. The molecule has 0 N–H and O–H groups in total. The van der Waals surface area contributed by atoms with Gasteiger partial charge in [-0.2, -0.15) is 0 Å². The molecule has 2 fully saturated rings. The van der Waals surface area contributed by atoms with Crippen LogP contribution in [0.3, 0.4) is 0 Å². The third-order valence-electron chi connectivity index (χ3n) is 5.41. The van der Waals surface area contributed by atoms with Crippen LogP contribution in [0.4, 0.5) is 0 Å². The van der Waals surface area contributed by atoms with Crippen molar-refractivity contribution in [2.24, 2.45) is 0 Å². The van der Waals surface area contributed by atoms with Crippen LogP contribution in [0.5, 0.6) is 5.88 Å². The van der Waals surface area contributed by atoms with Crippen LogP contribution in [0.15, 0.2) is 12.3 Å². The van der Waals surface area contributed by atoms with Gasteiger partial charge in [0.15, 0.2) is 0 Å². The molecule has 0 unspecified atom stereocenters. The van der Waals surface area contributed by atoms with Crippen molar-refractivity contribution < 1.29 is 14.0 Å². The van der Waals surface area contributed by atoms with Gasteiger partial charge in [0.1, 0.15) is 0 Å². The molecule has 1 aromatic rings. The van der Waals surface area contributed by atoms with Crippen molar-refractivity contribution in [3.05, 3.63) is 17.8 Å². The van der Waals surface area contributed by atoms with Crippen LogP contribution in [-0.4, -0.2) is 30.4 Å². The molecule has 2 heterocycles. The highest BCUT2D eigenvalue weighted by Crippen LogP contribution is 2.39. The third-order valence-corrected chi connectivity index (χ3v) is 5.41. The number of ether oxygens (including phenoxy) is 1. The maximum absolute atomic E-state index is 6.14. The molecule has 22 heavy (non-hydrogen) atoms. The number of aromatic nitrogens is 1. The quantitative estimate of drug-likeness (QED) is 0.805. The maximum Gasteiger partial charge on any atom is 0.496 e. The van der Waals surface area contributed by atoms with E-state index in [0.717, 1.165) is 11.3 Å². The van der Waals surface area contributed by atoms with E-state index >= 15 is 0 Å². The number of hydrogen-bond donors (Lipinski definition) is 0. The SMILES string of the molecule is COc1ncc(B2OC(C)(C)C(C)(C)O2)cc1C1CCCC1. The van der Waals surface area contributed by atoms with E-state index in [9.17, 15) is 0 Å². The van der Waals surface area contributed by atoms with E-state index in [4.69, 9.17) is 14.0 Å². The summed E-state index contributed by atoms with van der Waals surface area (Å²) in [5.74, 6) is 1.29. The van der Waals surface area contributed by atoms with E-state index < -0.39 is 0 Å². The first kappa shape index (κ1) is 15.8. The van der Waals surface area contributed by atoms with Gasteiger partial charge in [-0.25, -0.2) is 4.98 Å². The zero-order valence-electron chi connectivity index (χ0n) is 14.3. The largest absolute Gasteiger partial charge is 0.496 e. The van der Waals surface area contributed by atoms with Gasteiger partial charge in [0.2, 0.25) is 5.88 Å². The second-order valence-corrected chi connectivity index (χ2v) is 7.44. The second kappa shape index (κ2) is 5.53. The molecule has 0 radical (unpaired) electrons. The average molecular weight is 303 g/mol. The Kier molecular flexibility index (Phi) is 3.98. The van der Waals surface area contributed by atoms with E-state index in [-0.39, 0.29) is 18.3 Å². The molecule has 3 rings (SSSR count). The first-order valence-corrected chi connectivity index (χ1v) is 8.23. The highest BCUT2D eigenvalue weighted by Gasteiger charge is 2.52. The van der Waals surface area contributed by atoms with E-state index in [1.807, 2.05) is 6.20 Å². The molecule has 2 aliphatic rings.